The fraction of sp³-hybridized carbons (Fsp3) is 0.306. The van der Waals surface area contributed by atoms with Crippen LogP contribution < -0.4 is 0 Å². The number of fused-ring (bicyclic) bond motifs is 8. The first-order chi connectivity index (χ1) is 26.2. The minimum atomic E-state index is -0.0548. The first-order valence-electron chi connectivity index (χ1n) is 19.8. The number of aromatic hydroxyl groups is 1. The second-order valence-corrected chi connectivity index (χ2v) is 18.1. The number of thiazole rings is 1. The number of nitrogens with zero attached hydrogens (tertiary/aromatic N) is 3. The number of aromatic nitrogens is 3. The second kappa shape index (κ2) is 14.0. The molecule has 10 rings (SSSR count). The average Bonchev–Trinajstić information content (AvgIpc) is 3.87. The molecular weight excluding hydrogens is 874 g/mol. The van der Waals surface area contributed by atoms with Crippen molar-refractivity contribution in [2.24, 2.45) is 5.41 Å². The summed E-state index contributed by atoms with van der Waals surface area (Å²) >= 11 is 1.62. The number of hydrogen-bond acceptors (Lipinski definition) is 4. The predicted octanol–water partition coefficient (Wildman–Crippen LogP) is 13.7. The van der Waals surface area contributed by atoms with Gasteiger partial charge in [-0.1, -0.05) is 93.4 Å². The van der Waals surface area contributed by atoms with Crippen LogP contribution in [0.15, 0.2) is 103 Å². The summed E-state index contributed by atoms with van der Waals surface area (Å²) in [6, 6.07) is 36.5. The monoisotopic (exact) mass is 919 g/mol. The van der Waals surface area contributed by atoms with Crippen molar-refractivity contribution in [2.45, 2.75) is 89.9 Å². The van der Waals surface area contributed by atoms with E-state index in [-0.39, 0.29) is 32.2 Å². The summed E-state index contributed by atoms with van der Waals surface area (Å²) in [7, 11) is 0. The zero-order valence-electron chi connectivity index (χ0n) is 31.8. The molecule has 8 aromatic rings. The minimum absolute atomic E-state index is 0. The number of rotatable bonds is 4. The van der Waals surface area contributed by atoms with Gasteiger partial charge in [0.1, 0.15) is 10.8 Å². The van der Waals surface area contributed by atoms with Gasteiger partial charge in [0, 0.05) is 49.4 Å². The molecule has 1 N–H and O–H groups in total. The van der Waals surface area contributed by atoms with Crippen molar-refractivity contribution in [2.75, 3.05) is 0 Å². The molecule has 4 aromatic heterocycles. The number of pyridine rings is 2. The van der Waals surface area contributed by atoms with Crippen LogP contribution in [0.25, 0.3) is 70.4 Å². The van der Waals surface area contributed by atoms with Gasteiger partial charge in [0.05, 0.1) is 11.1 Å². The largest absolute Gasteiger partial charge is 0.507 e. The number of benzene rings is 4. The predicted molar refractivity (Wildman–Crippen MR) is 226 cm³/mol. The molecule has 4 aromatic carbocycles. The summed E-state index contributed by atoms with van der Waals surface area (Å²) in [4.78, 5) is 10.1. The molecule has 0 radical (unpaired) electrons. The summed E-state index contributed by atoms with van der Waals surface area (Å²) < 4.78 is 3.33. The maximum Gasteiger partial charge on any atom is 0.127 e. The van der Waals surface area contributed by atoms with Crippen molar-refractivity contribution in [1.29, 1.82) is 0 Å². The molecule has 0 bridgehead atoms. The summed E-state index contributed by atoms with van der Waals surface area (Å²) in [5.41, 5.74) is 11.3. The van der Waals surface area contributed by atoms with Crippen LogP contribution in [0, 0.1) is 11.5 Å². The van der Waals surface area contributed by atoms with Gasteiger partial charge in [-0.15, -0.1) is 29.5 Å². The van der Waals surface area contributed by atoms with E-state index in [0.717, 1.165) is 64.8 Å². The first kappa shape index (κ1) is 36.3. The third kappa shape index (κ3) is 6.42. The molecule has 4 heterocycles. The van der Waals surface area contributed by atoms with E-state index in [9.17, 15) is 5.11 Å². The van der Waals surface area contributed by atoms with E-state index in [4.69, 9.17) is 9.97 Å². The van der Waals surface area contributed by atoms with Gasteiger partial charge in [-0.25, -0.2) is 4.98 Å². The van der Waals surface area contributed by atoms with E-state index in [1.165, 1.54) is 74.5 Å². The van der Waals surface area contributed by atoms with Crippen LogP contribution in [0.1, 0.15) is 95.6 Å². The standard InChI is InChI=1S/C49H46N3OS.Pt/c1-48(2,3)36-14-15-38(43(53)30-36)47-51-46-44(54-47)18-16-37-41-8-7-27-52(41)42-17-13-35(28-39(42)45(37)46)40-29-34(21-26-50-40)32-11-9-31(10-12-32)33-19-24-49(25-20-33)22-5-4-6-23-49;/h7-18,21,26-27,29-30,33,53H,4-6,19-20,22-25H2,1-3H3;/q-1;. The summed E-state index contributed by atoms with van der Waals surface area (Å²) in [5, 5.41) is 15.2. The Labute approximate surface area is 341 Å². The molecular formula is C49H46N3OPtS-. The van der Waals surface area contributed by atoms with E-state index >= 15 is 0 Å². The molecule has 2 saturated carbocycles. The third-order valence-corrected chi connectivity index (χ3v) is 13.9. The Bertz CT molecular complexity index is 2700. The molecule has 0 atom stereocenters. The van der Waals surface area contributed by atoms with Crippen molar-refractivity contribution in [3.05, 3.63) is 121 Å². The maximum atomic E-state index is 11.2. The Kier molecular flexibility index (Phi) is 9.26. The van der Waals surface area contributed by atoms with Crippen LogP contribution in [0.2, 0.25) is 0 Å². The Balaban J connectivity index is 0.00000397. The van der Waals surface area contributed by atoms with Crippen LogP contribution in [-0.2, 0) is 26.5 Å². The molecule has 0 amide bonds. The van der Waals surface area contributed by atoms with Gasteiger partial charge in [-0.3, -0.25) is 4.98 Å². The van der Waals surface area contributed by atoms with Crippen molar-refractivity contribution in [3.63, 3.8) is 0 Å². The number of hydrogen-bond donors (Lipinski definition) is 1. The summed E-state index contributed by atoms with van der Waals surface area (Å²) in [6.07, 6.45) is 16.8. The first-order valence-corrected chi connectivity index (χ1v) is 20.6. The molecule has 0 unspecified atom stereocenters. The number of phenols is 1. The molecule has 0 saturated heterocycles. The SMILES string of the molecule is CC(C)(C)c1ccc(-c2nc3c(ccc4c3c3[c-]c(-c5cc(-c6ccc(C7CCC8(CCCCC8)CC7)cc6)ccn5)ccc3n3cccc43)s2)c(O)c1.[Pt]. The quantitative estimate of drug-likeness (QED) is 0.141. The fourth-order valence-electron chi connectivity index (χ4n) is 9.66. The normalized spacial score (nSPS) is 16.3. The van der Waals surface area contributed by atoms with Gasteiger partial charge in [0.2, 0.25) is 0 Å². The molecule has 2 fully saturated rings. The topological polar surface area (TPSA) is 50.4 Å². The van der Waals surface area contributed by atoms with Crippen LogP contribution in [0.4, 0.5) is 0 Å². The molecule has 2 aliphatic rings. The maximum absolute atomic E-state index is 11.2. The fourth-order valence-corrected chi connectivity index (χ4v) is 10.7. The van der Waals surface area contributed by atoms with Crippen LogP contribution in [-0.4, -0.2) is 19.5 Å². The van der Waals surface area contributed by atoms with Crippen LogP contribution >= 0.6 is 11.3 Å². The molecule has 4 nitrogen and oxygen atoms in total. The number of phenolic OH excluding ortho intramolecular Hbond substituents is 1. The molecule has 55 heavy (non-hydrogen) atoms. The van der Waals surface area contributed by atoms with Gasteiger partial charge in [-0.2, -0.15) is 0 Å². The third-order valence-electron chi connectivity index (χ3n) is 12.8. The molecule has 2 aliphatic carbocycles. The second-order valence-electron chi connectivity index (χ2n) is 17.1. The summed E-state index contributed by atoms with van der Waals surface area (Å²) in [5.74, 6) is 0.953. The van der Waals surface area contributed by atoms with E-state index in [1.807, 2.05) is 18.3 Å². The Hall–Kier alpha value is -4.31. The van der Waals surface area contributed by atoms with Gasteiger partial charge >= 0.3 is 0 Å². The zero-order chi connectivity index (χ0) is 36.6. The Morgan fingerprint density at radius 1 is 0.818 bits per heavy atom. The van der Waals surface area contributed by atoms with Gasteiger partial charge in [-0.05, 0) is 130 Å². The molecule has 1 spiro atoms. The summed E-state index contributed by atoms with van der Waals surface area (Å²) in [6.45, 7) is 6.48. The van der Waals surface area contributed by atoms with Crippen LogP contribution in [0.3, 0.4) is 0 Å². The van der Waals surface area contributed by atoms with Crippen molar-refractivity contribution in [3.8, 4) is 38.7 Å². The van der Waals surface area contributed by atoms with Crippen molar-refractivity contribution < 1.29 is 26.2 Å². The molecule has 6 heteroatoms. The van der Waals surface area contributed by atoms with Gasteiger partial charge in [0.25, 0.3) is 0 Å². The van der Waals surface area contributed by atoms with E-state index < -0.39 is 0 Å². The average molecular weight is 920 g/mol. The minimum Gasteiger partial charge on any atom is -0.507 e. The van der Waals surface area contributed by atoms with Gasteiger partial charge < -0.3 is 9.51 Å². The Morgan fingerprint density at radius 2 is 1.62 bits per heavy atom. The zero-order valence-corrected chi connectivity index (χ0v) is 34.9. The van der Waals surface area contributed by atoms with Crippen molar-refractivity contribution in [1.82, 2.24) is 14.4 Å². The Morgan fingerprint density at radius 3 is 2.38 bits per heavy atom. The smallest absolute Gasteiger partial charge is 0.127 e. The van der Waals surface area contributed by atoms with E-state index in [1.54, 1.807) is 11.3 Å². The molecule has 280 valence electrons. The van der Waals surface area contributed by atoms with E-state index in [2.05, 4.69) is 116 Å². The van der Waals surface area contributed by atoms with Gasteiger partial charge in [0.15, 0.2) is 0 Å². The van der Waals surface area contributed by atoms with E-state index in [0.29, 0.717) is 11.3 Å². The molecule has 0 aliphatic heterocycles. The van der Waals surface area contributed by atoms with Crippen LogP contribution in [0.5, 0.6) is 5.75 Å². The van der Waals surface area contributed by atoms with Crippen molar-refractivity contribution >= 4 is 48.7 Å².